The summed E-state index contributed by atoms with van der Waals surface area (Å²) in [5.41, 5.74) is 1.49. The van der Waals surface area contributed by atoms with Crippen LogP contribution in [-0.2, 0) is 0 Å². The normalized spacial score (nSPS) is 10.3. The molecule has 0 saturated carbocycles. The molecule has 6 heteroatoms. The second-order valence-electron chi connectivity index (χ2n) is 3.82. The molecule has 3 heterocycles. The van der Waals surface area contributed by atoms with Crippen molar-refractivity contribution in [3.63, 3.8) is 0 Å². The molecule has 19 heavy (non-hydrogen) atoms. The highest BCUT2D eigenvalue weighted by Gasteiger charge is 2.13. The minimum atomic E-state index is -0.317. The van der Waals surface area contributed by atoms with Crippen molar-refractivity contribution in [3.8, 4) is 6.07 Å². The van der Waals surface area contributed by atoms with Crippen LogP contribution in [0.5, 0.6) is 0 Å². The number of pyridine rings is 1. The van der Waals surface area contributed by atoms with Crippen molar-refractivity contribution in [1.82, 2.24) is 9.38 Å². The minimum absolute atomic E-state index is 0.317. The summed E-state index contributed by atoms with van der Waals surface area (Å²) in [6, 6.07) is 9.24. The highest BCUT2D eigenvalue weighted by molar-refractivity contribution is 7.14. The van der Waals surface area contributed by atoms with E-state index in [0.717, 1.165) is 0 Å². The largest absolute Gasteiger partial charge is 0.311 e. The number of aromatic nitrogens is 2. The van der Waals surface area contributed by atoms with Gasteiger partial charge in [-0.05, 0) is 23.6 Å². The van der Waals surface area contributed by atoms with Gasteiger partial charge in [0, 0.05) is 12.4 Å². The lowest BCUT2D eigenvalue weighted by Gasteiger charge is -1.99. The Kier molecular flexibility index (Phi) is 2.74. The number of thiophene rings is 1. The zero-order chi connectivity index (χ0) is 13.2. The minimum Gasteiger partial charge on any atom is -0.311 e. The van der Waals surface area contributed by atoms with Crippen LogP contribution in [0, 0.1) is 11.3 Å². The number of imidazole rings is 1. The lowest BCUT2D eigenvalue weighted by atomic mass is 10.3. The Balaban J connectivity index is 1.90. The monoisotopic (exact) mass is 268 g/mol. The third-order valence-corrected chi connectivity index (χ3v) is 3.44. The van der Waals surface area contributed by atoms with E-state index in [1.54, 1.807) is 22.0 Å². The number of hydrogen-bond acceptors (Lipinski definition) is 4. The number of nitrogens with zero attached hydrogens (tertiary/aromatic N) is 3. The molecule has 0 saturated heterocycles. The Hall–Kier alpha value is -2.65. The molecule has 3 aromatic rings. The highest BCUT2D eigenvalue weighted by Crippen LogP contribution is 2.22. The summed E-state index contributed by atoms with van der Waals surface area (Å²) in [5, 5.41) is 13.9. The van der Waals surface area contributed by atoms with E-state index in [4.69, 9.17) is 5.26 Å². The average Bonchev–Trinajstić information content (AvgIpc) is 3.03. The van der Waals surface area contributed by atoms with Gasteiger partial charge in [-0.2, -0.15) is 5.26 Å². The van der Waals surface area contributed by atoms with E-state index >= 15 is 0 Å². The fourth-order valence-electron chi connectivity index (χ4n) is 1.71. The van der Waals surface area contributed by atoms with Gasteiger partial charge in [0.1, 0.15) is 22.4 Å². The highest BCUT2D eigenvalue weighted by atomic mass is 32.1. The van der Waals surface area contributed by atoms with Crippen LogP contribution >= 0.6 is 11.3 Å². The lowest BCUT2D eigenvalue weighted by molar-refractivity contribution is 0.102. The van der Waals surface area contributed by atoms with Crippen LogP contribution in [0.1, 0.15) is 16.1 Å². The van der Waals surface area contributed by atoms with E-state index in [-0.39, 0.29) is 5.91 Å². The predicted molar refractivity (Wildman–Crippen MR) is 72.2 cm³/mol. The van der Waals surface area contributed by atoms with E-state index in [2.05, 4.69) is 10.3 Å². The Labute approximate surface area is 112 Å². The molecule has 1 amide bonds. The van der Waals surface area contributed by atoms with E-state index in [1.807, 2.05) is 30.5 Å². The van der Waals surface area contributed by atoms with Crippen molar-refractivity contribution in [2.75, 3.05) is 5.32 Å². The molecule has 0 fully saturated rings. The third-order valence-electron chi connectivity index (χ3n) is 2.61. The van der Waals surface area contributed by atoms with Gasteiger partial charge < -0.3 is 9.72 Å². The van der Waals surface area contributed by atoms with Gasteiger partial charge in [-0.3, -0.25) is 4.79 Å². The molecule has 3 rings (SSSR count). The summed E-state index contributed by atoms with van der Waals surface area (Å²) in [4.78, 5) is 16.3. The number of amides is 1. The summed E-state index contributed by atoms with van der Waals surface area (Å²) < 4.78 is 1.77. The standard InChI is InChI=1S/C13H8N4OS/c14-7-9-4-6-19-13(9)16-12(18)10-8-17-5-2-1-3-11(17)15-10/h1-6,8H,(H,16,18). The van der Waals surface area contributed by atoms with Crippen molar-refractivity contribution in [2.24, 2.45) is 0 Å². The SMILES string of the molecule is N#Cc1ccsc1NC(=O)c1cn2ccccc2n1. The molecule has 3 aromatic heterocycles. The molecule has 0 aliphatic rings. The number of fused-ring (bicyclic) bond motifs is 1. The van der Waals surface area contributed by atoms with Crippen LogP contribution in [0.3, 0.4) is 0 Å². The molecule has 0 aromatic carbocycles. The maximum atomic E-state index is 12.1. The molecule has 92 valence electrons. The van der Waals surface area contributed by atoms with Gasteiger partial charge in [-0.1, -0.05) is 6.07 Å². The second-order valence-corrected chi connectivity index (χ2v) is 4.74. The zero-order valence-electron chi connectivity index (χ0n) is 9.70. The number of nitrogens with one attached hydrogen (secondary N) is 1. The number of carbonyl (C=O) groups is 1. The molecule has 0 unspecified atom stereocenters. The first kappa shape index (κ1) is 11.4. The van der Waals surface area contributed by atoms with Crippen molar-refractivity contribution in [1.29, 1.82) is 5.26 Å². The van der Waals surface area contributed by atoms with Crippen LogP contribution in [0.4, 0.5) is 5.00 Å². The molecule has 0 radical (unpaired) electrons. The Morgan fingerprint density at radius 1 is 1.42 bits per heavy atom. The molecule has 0 bridgehead atoms. The Bertz CT molecular complexity index is 763. The molecular weight excluding hydrogens is 260 g/mol. The number of carbonyl (C=O) groups excluding carboxylic acids is 1. The van der Waals surface area contributed by atoms with E-state index in [1.165, 1.54) is 11.3 Å². The first-order chi connectivity index (χ1) is 9.28. The van der Waals surface area contributed by atoms with Crippen LogP contribution in [-0.4, -0.2) is 15.3 Å². The van der Waals surface area contributed by atoms with Crippen molar-refractivity contribution in [2.45, 2.75) is 0 Å². The van der Waals surface area contributed by atoms with Gasteiger partial charge in [-0.15, -0.1) is 11.3 Å². The fraction of sp³-hybridized carbons (Fsp3) is 0. The third kappa shape index (κ3) is 2.07. The van der Waals surface area contributed by atoms with Gasteiger partial charge in [-0.25, -0.2) is 4.98 Å². The van der Waals surface area contributed by atoms with Crippen molar-refractivity contribution >= 4 is 27.9 Å². The van der Waals surface area contributed by atoms with Gasteiger partial charge in [0.05, 0.1) is 5.56 Å². The summed E-state index contributed by atoms with van der Waals surface area (Å²) in [6.07, 6.45) is 3.48. The molecule has 0 spiro atoms. The van der Waals surface area contributed by atoms with Crippen LogP contribution in [0.2, 0.25) is 0 Å². The molecular formula is C13H8N4OS. The average molecular weight is 268 g/mol. The first-order valence-electron chi connectivity index (χ1n) is 5.50. The number of nitriles is 1. The number of rotatable bonds is 2. The molecule has 5 nitrogen and oxygen atoms in total. The molecule has 0 aliphatic carbocycles. The lowest BCUT2D eigenvalue weighted by Crippen LogP contribution is -2.11. The maximum Gasteiger partial charge on any atom is 0.276 e. The van der Waals surface area contributed by atoms with Gasteiger partial charge in [0.2, 0.25) is 0 Å². The van der Waals surface area contributed by atoms with E-state index in [0.29, 0.717) is 21.9 Å². The van der Waals surface area contributed by atoms with E-state index in [9.17, 15) is 4.79 Å². The molecule has 0 aliphatic heterocycles. The second kappa shape index (κ2) is 4.55. The predicted octanol–water partition coefficient (Wildman–Crippen LogP) is 2.52. The summed E-state index contributed by atoms with van der Waals surface area (Å²) in [6.45, 7) is 0. The Morgan fingerprint density at radius 3 is 3.11 bits per heavy atom. The van der Waals surface area contributed by atoms with Gasteiger partial charge in [0.25, 0.3) is 5.91 Å². The number of hydrogen-bond donors (Lipinski definition) is 1. The Morgan fingerprint density at radius 2 is 2.32 bits per heavy atom. The van der Waals surface area contributed by atoms with Gasteiger partial charge >= 0.3 is 0 Å². The van der Waals surface area contributed by atoms with Crippen LogP contribution < -0.4 is 5.32 Å². The van der Waals surface area contributed by atoms with Crippen molar-refractivity contribution < 1.29 is 4.79 Å². The maximum absolute atomic E-state index is 12.1. The first-order valence-corrected chi connectivity index (χ1v) is 6.38. The van der Waals surface area contributed by atoms with Crippen LogP contribution in [0.25, 0.3) is 5.65 Å². The summed E-state index contributed by atoms with van der Waals surface area (Å²) in [7, 11) is 0. The summed E-state index contributed by atoms with van der Waals surface area (Å²) >= 11 is 1.31. The smallest absolute Gasteiger partial charge is 0.276 e. The van der Waals surface area contributed by atoms with E-state index < -0.39 is 0 Å². The zero-order valence-corrected chi connectivity index (χ0v) is 10.5. The fourth-order valence-corrected chi connectivity index (χ4v) is 2.44. The van der Waals surface area contributed by atoms with Crippen molar-refractivity contribution in [3.05, 3.63) is 53.3 Å². The topological polar surface area (TPSA) is 70.2 Å². The van der Waals surface area contributed by atoms with Gasteiger partial charge in [0.15, 0.2) is 0 Å². The number of anilines is 1. The quantitative estimate of drug-likeness (QED) is 0.776. The summed E-state index contributed by atoms with van der Waals surface area (Å²) in [5.74, 6) is -0.317. The van der Waals surface area contributed by atoms with Crippen LogP contribution in [0.15, 0.2) is 42.0 Å². The molecule has 1 N–H and O–H groups in total. The molecule has 0 atom stereocenters.